The van der Waals surface area contributed by atoms with Crippen molar-refractivity contribution < 1.29 is 14.6 Å². The minimum Gasteiger partial charge on any atom is -0.481 e. The van der Waals surface area contributed by atoms with Gasteiger partial charge in [-0.2, -0.15) is 5.10 Å². The van der Waals surface area contributed by atoms with E-state index in [0.717, 1.165) is 45.0 Å². The van der Waals surface area contributed by atoms with Gasteiger partial charge in [-0.05, 0) is 43.9 Å². The number of carboxylic acids is 1. The molecule has 184 valence electrons. The number of rotatable bonds is 8. The summed E-state index contributed by atoms with van der Waals surface area (Å²) in [6.45, 7) is 3.93. The number of nitrogens with zero attached hydrogens (tertiary/aromatic N) is 5. The fourth-order valence-corrected chi connectivity index (χ4v) is 4.40. The van der Waals surface area contributed by atoms with E-state index in [4.69, 9.17) is 14.7 Å². The van der Waals surface area contributed by atoms with E-state index >= 15 is 0 Å². The largest absolute Gasteiger partial charge is 0.481 e. The Morgan fingerprint density at radius 1 is 1.06 bits per heavy atom. The van der Waals surface area contributed by atoms with Crippen molar-refractivity contribution in [3.05, 3.63) is 83.8 Å². The van der Waals surface area contributed by atoms with E-state index in [1.54, 1.807) is 19.5 Å². The minimum atomic E-state index is -0.742. The fourth-order valence-electron chi connectivity index (χ4n) is 4.40. The predicted octanol–water partition coefficient (Wildman–Crippen LogP) is 4.53. The summed E-state index contributed by atoms with van der Waals surface area (Å²) in [6.07, 6.45) is 9.12. The highest BCUT2D eigenvalue weighted by molar-refractivity contribution is 5.85. The van der Waals surface area contributed by atoms with E-state index in [2.05, 4.69) is 10.1 Å². The molecule has 0 spiro atoms. The molecule has 0 radical (unpaired) electrons. The molecule has 0 saturated heterocycles. The SMILES string of the molecule is COC(C)(C)c1cncc(Cc2c(-c3ccc(-c4ccc(C5(C(=O)O)CC5)cc4)cn3)cnn2C)n1. The molecule has 0 aliphatic heterocycles. The maximum atomic E-state index is 11.6. The Balaban J connectivity index is 1.38. The van der Waals surface area contributed by atoms with Crippen molar-refractivity contribution >= 4 is 5.97 Å². The average Bonchev–Trinajstić information content (AvgIpc) is 3.64. The summed E-state index contributed by atoms with van der Waals surface area (Å²) in [4.78, 5) is 25.5. The van der Waals surface area contributed by atoms with E-state index < -0.39 is 17.0 Å². The molecule has 3 heterocycles. The Labute approximate surface area is 210 Å². The molecule has 1 aliphatic carbocycles. The molecular weight excluding hydrogens is 454 g/mol. The maximum absolute atomic E-state index is 11.6. The van der Waals surface area contributed by atoms with E-state index in [1.807, 2.05) is 74.4 Å². The first-order valence-electron chi connectivity index (χ1n) is 11.9. The lowest BCUT2D eigenvalue weighted by Crippen LogP contribution is -2.22. The average molecular weight is 484 g/mol. The van der Waals surface area contributed by atoms with Crippen molar-refractivity contribution in [3.63, 3.8) is 0 Å². The molecule has 36 heavy (non-hydrogen) atoms. The number of pyridine rings is 1. The van der Waals surface area contributed by atoms with Gasteiger partial charge in [-0.15, -0.1) is 0 Å². The number of carboxylic acid groups (broad SMARTS) is 1. The van der Waals surface area contributed by atoms with Gasteiger partial charge >= 0.3 is 5.97 Å². The highest BCUT2D eigenvalue weighted by atomic mass is 16.5. The number of benzene rings is 1. The van der Waals surface area contributed by atoms with E-state index in [9.17, 15) is 9.90 Å². The van der Waals surface area contributed by atoms with Crippen LogP contribution >= 0.6 is 0 Å². The highest BCUT2D eigenvalue weighted by Gasteiger charge is 2.51. The van der Waals surface area contributed by atoms with E-state index in [-0.39, 0.29) is 0 Å². The Morgan fingerprint density at radius 3 is 2.39 bits per heavy atom. The van der Waals surface area contributed by atoms with Crippen LogP contribution in [0, 0.1) is 0 Å². The van der Waals surface area contributed by atoms with Crippen LogP contribution in [-0.2, 0) is 34.0 Å². The van der Waals surface area contributed by atoms with Gasteiger partial charge in [0.25, 0.3) is 0 Å². The van der Waals surface area contributed by atoms with Crippen molar-refractivity contribution in [3.8, 4) is 22.4 Å². The monoisotopic (exact) mass is 483 g/mol. The van der Waals surface area contributed by atoms with Gasteiger partial charge < -0.3 is 9.84 Å². The topological polar surface area (TPSA) is 103 Å². The zero-order valence-electron chi connectivity index (χ0n) is 20.9. The van der Waals surface area contributed by atoms with Crippen molar-refractivity contribution in [1.82, 2.24) is 24.7 Å². The van der Waals surface area contributed by atoms with Gasteiger partial charge in [0.2, 0.25) is 0 Å². The predicted molar refractivity (Wildman–Crippen MR) is 135 cm³/mol. The van der Waals surface area contributed by atoms with Crippen LogP contribution in [0.25, 0.3) is 22.4 Å². The van der Waals surface area contributed by atoms with Gasteiger partial charge in [0.15, 0.2) is 0 Å². The second-order valence-corrected chi connectivity index (χ2v) is 9.81. The molecule has 1 N–H and O–H groups in total. The first kappa shape index (κ1) is 23.8. The molecule has 1 saturated carbocycles. The minimum absolute atomic E-state index is 0.527. The third-order valence-electron chi connectivity index (χ3n) is 7.19. The number of hydrogen-bond donors (Lipinski definition) is 1. The Bertz CT molecular complexity index is 1400. The van der Waals surface area contributed by atoms with Crippen LogP contribution < -0.4 is 0 Å². The van der Waals surface area contributed by atoms with Crippen LogP contribution in [0.4, 0.5) is 0 Å². The summed E-state index contributed by atoms with van der Waals surface area (Å²) in [5.74, 6) is -0.742. The smallest absolute Gasteiger partial charge is 0.314 e. The lowest BCUT2D eigenvalue weighted by atomic mass is 9.94. The molecule has 1 fully saturated rings. The third-order valence-corrected chi connectivity index (χ3v) is 7.19. The normalized spacial score (nSPS) is 14.6. The van der Waals surface area contributed by atoms with Crippen LogP contribution in [0.3, 0.4) is 0 Å². The van der Waals surface area contributed by atoms with Crippen LogP contribution in [0.2, 0.25) is 0 Å². The maximum Gasteiger partial charge on any atom is 0.314 e. The molecule has 0 unspecified atom stereocenters. The summed E-state index contributed by atoms with van der Waals surface area (Å²) in [5, 5.41) is 14.0. The second-order valence-electron chi connectivity index (χ2n) is 9.81. The van der Waals surface area contributed by atoms with Crippen molar-refractivity contribution in [2.75, 3.05) is 7.11 Å². The van der Waals surface area contributed by atoms with E-state index in [0.29, 0.717) is 19.3 Å². The van der Waals surface area contributed by atoms with Gasteiger partial charge in [0, 0.05) is 44.1 Å². The van der Waals surface area contributed by atoms with E-state index in [1.165, 1.54) is 0 Å². The Hall–Kier alpha value is -3.91. The number of aromatic nitrogens is 5. The first-order chi connectivity index (χ1) is 17.2. The van der Waals surface area contributed by atoms with Gasteiger partial charge in [-0.1, -0.05) is 30.3 Å². The number of aliphatic carboxylic acids is 1. The van der Waals surface area contributed by atoms with Gasteiger partial charge in [0.1, 0.15) is 5.60 Å². The Morgan fingerprint density at radius 2 is 1.78 bits per heavy atom. The van der Waals surface area contributed by atoms with Crippen molar-refractivity contribution in [1.29, 1.82) is 0 Å². The number of methoxy groups -OCH3 is 1. The standard InChI is InChI=1S/C28H29N5O3/c1-27(2,36-4)25-17-29-15-21(32-25)13-24-22(16-31-33(24)3)23-10-7-19(14-30-23)18-5-8-20(9-6-18)28(11-12-28)26(34)35/h5-10,14-17H,11-13H2,1-4H3,(H,34,35). The van der Waals surface area contributed by atoms with Crippen LogP contribution in [0.1, 0.15) is 49.3 Å². The molecule has 5 rings (SSSR count). The van der Waals surface area contributed by atoms with Gasteiger partial charge in [-0.3, -0.25) is 24.4 Å². The number of hydrogen-bond acceptors (Lipinski definition) is 6. The fraction of sp³-hybridized carbons (Fsp3) is 0.321. The van der Waals surface area contributed by atoms with Crippen LogP contribution in [0.5, 0.6) is 0 Å². The molecule has 4 aromatic rings. The number of carbonyl (C=O) groups is 1. The molecule has 0 atom stereocenters. The Kier molecular flexibility index (Phi) is 5.92. The van der Waals surface area contributed by atoms with Crippen LogP contribution in [0.15, 0.2) is 61.2 Å². The third kappa shape index (κ3) is 4.28. The molecule has 0 bridgehead atoms. The summed E-state index contributed by atoms with van der Waals surface area (Å²) >= 11 is 0. The zero-order chi connectivity index (χ0) is 25.5. The van der Waals surface area contributed by atoms with Crippen molar-refractivity contribution in [2.24, 2.45) is 7.05 Å². The molecule has 8 nitrogen and oxygen atoms in total. The van der Waals surface area contributed by atoms with Crippen molar-refractivity contribution in [2.45, 2.75) is 44.1 Å². The lowest BCUT2D eigenvalue weighted by molar-refractivity contribution is -0.140. The van der Waals surface area contributed by atoms with Crippen LogP contribution in [-0.4, -0.2) is 42.9 Å². The number of aryl methyl sites for hydroxylation is 1. The van der Waals surface area contributed by atoms with Gasteiger partial charge in [0.05, 0.1) is 40.6 Å². The molecule has 0 amide bonds. The quantitative estimate of drug-likeness (QED) is 0.393. The lowest BCUT2D eigenvalue weighted by Gasteiger charge is -2.22. The summed E-state index contributed by atoms with van der Waals surface area (Å²) in [6, 6.07) is 11.8. The summed E-state index contributed by atoms with van der Waals surface area (Å²) < 4.78 is 7.40. The molecule has 3 aromatic heterocycles. The molecule has 1 aromatic carbocycles. The molecular formula is C28H29N5O3. The zero-order valence-corrected chi connectivity index (χ0v) is 20.9. The summed E-state index contributed by atoms with van der Waals surface area (Å²) in [7, 11) is 3.58. The number of ether oxygens (including phenoxy) is 1. The second kappa shape index (κ2) is 8.95. The first-order valence-corrected chi connectivity index (χ1v) is 11.9. The molecule has 1 aliphatic rings. The molecule has 8 heteroatoms. The summed E-state index contributed by atoms with van der Waals surface area (Å²) in [5.41, 5.74) is 5.96. The van der Waals surface area contributed by atoms with Gasteiger partial charge in [-0.25, -0.2) is 0 Å². The highest BCUT2D eigenvalue weighted by Crippen LogP contribution is 2.48.